The van der Waals surface area contributed by atoms with E-state index in [1.54, 1.807) is 0 Å². The van der Waals surface area contributed by atoms with Crippen LogP contribution in [0.4, 0.5) is 21.8 Å². The molecule has 28 heavy (non-hydrogen) atoms. The molecule has 2 aromatic rings. The van der Waals surface area contributed by atoms with Crippen LogP contribution in [-0.2, 0) is 6.42 Å². The molecule has 3 N–H and O–H groups in total. The van der Waals surface area contributed by atoms with Gasteiger partial charge in [-0.15, -0.1) is 0 Å². The van der Waals surface area contributed by atoms with Crippen molar-refractivity contribution >= 4 is 23.0 Å². The van der Waals surface area contributed by atoms with Gasteiger partial charge in [0.2, 0.25) is 5.95 Å². The van der Waals surface area contributed by atoms with E-state index in [1.807, 2.05) is 27.0 Å². The largest absolute Gasteiger partial charge is 0.492 e. The molecule has 3 heterocycles. The van der Waals surface area contributed by atoms with Crippen LogP contribution in [0.5, 0.6) is 5.75 Å². The van der Waals surface area contributed by atoms with Gasteiger partial charge >= 0.3 is 0 Å². The zero-order valence-corrected chi connectivity index (χ0v) is 16.6. The second-order valence-corrected chi connectivity index (χ2v) is 7.22. The van der Waals surface area contributed by atoms with E-state index in [0.717, 1.165) is 60.6 Å². The molecule has 2 aliphatic rings. The summed E-state index contributed by atoms with van der Waals surface area (Å²) in [4.78, 5) is 8.97. The summed E-state index contributed by atoms with van der Waals surface area (Å²) >= 11 is 0. The van der Waals surface area contributed by atoms with Crippen molar-refractivity contribution in [2.45, 2.75) is 33.1 Å². The number of rotatable bonds is 4. The molecule has 0 fully saturated rings. The fourth-order valence-electron chi connectivity index (χ4n) is 3.77. The zero-order chi connectivity index (χ0) is 19.7. The maximum Gasteiger partial charge on any atom is 0.229 e. The number of nitrogens with zero attached hydrogens (tertiary/aromatic N) is 2. The first kappa shape index (κ1) is 18.7. The highest BCUT2D eigenvalue weighted by Crippen LogP contribution is 2.41. The van der Waals surface area contributed by atoms with Gasteiger partial charge in [0.15, 0.2) is 5.82 Å². The lowest BCUT2D eigenvalue weighted by atomic mass is 9.96. The van der Waals surface area contributed by atoms with Crippen molar-refractivity contribution < 1.29 is 9.13 Å². The number of fused-ring (bicyclic) bond motifs is 1. The molecule has 0 atom stereocenters. The predicted octanol–water partition coefficient (Wildman–Crippen LogP) is 3.72. The number of anilines is 3. The molecular weight excluding hydrogens is 357 g/mol. The molecule has 1 aromatic carbocycles. The summed E-state index contributed by atoms with van der Waals surface area (Å²) in [5, 5.41) is 9.50. The summed E-state index contributed by atoms with van der Waals surface area (Å²) < 4.78 is 21.4. The second-order valence-electron chi connectivity index (χ2n) is 7.22. The van der Waals surface area contributed by atoms with Gasteiger partial charge in [0.1, 0.15) is 11.6 Å². The van der Waals surface area contributed by atoms with E-state index in [-0.39, 0.29) is 5.82 Å². The van der Waals surface area contributed by atoms with Crippen LogP contribution in [0, 0.1) is 19.7 Å². The Hall–Kier alpha value is -2.67. The van der Waals surface area contributed by atoms with E-state index >= 15 is 4.39 Å². The first-order chi connectivity index (χ1) is 13.6. The van der Waals surface area contributed by atoms with Gasteiger partial charge in [-0.1, -0.05) is 6.08 Å². The topological polar surface area (TPSA) is 71.1 Å². The molecule has 4 rings (SSSR count). The molecule has 0 aliphatic carbocycles. The molecule has 1 aromatic heterocycles. The van der Waals surface area contributed by atoms with Crippen molar-refractivity contribution in [3.05, 3.63) is 40.3 Å². The SMILES string of the molecule is CNc1nc(Nc2cc3c(c(C4=CCNCCC4)c2F)OCC3)nc(C)c1C. The molecule has 0 amide bonds. The van der Waals surface area contributed by atoms with E-state index in [0.29, 0.717) is 29.6 Å². The summed E-state index contributed by atoms with van der Waals surface area (Å²) in [6.45, 7) is 6.15. The monoisotopic (exact) mass is 383 g/mol. The molecule has 0 radical (unpaired) electrons. The number of benzene rings is 1. The molecule has 6 nitrogen and oxygen atoms in total. The molecule has 2 aliphatic heterocycles. The number of nitrogens with one attached hydrogen (secondary N) is 3. The van der Waals surface area contributed by atoms with Gasteiger partial charge in [-0.05, 0) is 44.9 Å². The van der Waals surface area contributed by atoms with Crippen molar-refractivity contribution in [1.82, 2.24) is 15.3 Å². The number of hydrogen-bond acceptors (Lipinski definition) is 6. The number of ether oxygens (including phenoxy) is 1. The lowest BCUT2D eigenvalue weighted by molar-refractivity contribution is 0.354. The van der Waals surface area contributed by atoms with Gasteiger partial charge in [0.05, 0.1) is 17.9 Å². The molecule has 7 heteroatoms. The Bertz CT molecular complexity index is 941. The Morgan fingerprint density at radius 1 is 1.21 bits per heavy atom. The van der Waals surface area contributed by atoms with Crippen LogP contribution in [-0.4, -0.2) is 36.7 Å². The van der Waals surface area contributed by atoms with E-state index in [4.69, 9.17) is 4.74 Å². The lowest BCUT2D eigenvalue weighted by Crippen LogP contribution is -2.12. The summed E-state index contributed by atoms with van der Waals surface area (Å²) in [5.74, 6) is 1.50. The minimum atomic E-state index is -0.304. The molecule has 0 spiro atoms. The summed E-state index contributed by atoms with van der Waals surface area (Å²) in [5.41, 5.74) is 4.83. The lowest BCUT2D eigenvalue weighted by Gasteiger charge is -2.17. The zero-order valence-electron chi connectivity index (χ0n) is 16.6. The van der Waals surface area contributed by atoms with E-state index < -0.39 is 0 Å². The van der Waals surface area contributed by atoms with Gasteiger partial charge in [-0.25, -0.2) is 9.37 Å². The highest BCUT2D eigenvalue weighted by molar-refractivity contribution is 5.78. The number of allylic oxidation sites excluding steroid dienone is 1. The quantitative estimate of drug-likeness (QED) is 0.748. The number of halogens is 1. The molecule has 148 valence electrons. The van der Waals surface area contributed by atoms with Crippen LogP contribution in [0.1, 0.15) is 35.2 Å². The van der Waals surface area contributed by atoms with E-state index in [1.165, 1.54) is 0 Å². The van der Waals surface area contributed by atoms with Crippen LogP contribution in [0.15, 0.2) is 12.1 Å². The Kier molecular flexibility index (Phi) is 5.17. The number of aryl methyl sites for hydroxylation is 1. The van der Waals surface area contributed by atoms with E-state index in [2.05, 4.69) is 32.0 Å². The Balaban J connectivity index is 1.78. The highest BCUT2D eigenvalue weighted by Gasteiger charge is 2.26. The van der Waals surface area contributed by atoms with Gasteiger partial charge < -0.3 is 20.7 Å². The number of hydrogen-bond donors (Lipinski definition) is 3. The summed E-state index contributed by atoms with van der Waals surface area (Å²) in [7, 11) is 1.82. The Morgan fingerprint density at radius 2 is 2.07 bits per heavy atom. The standard InChI is InChI=1S/C21H26FN5O/c1-12-13(2)25-21(27-20(12)23-3)26-16-11-15-7-10-28-19(15)17(18(16)22)14-5-4-8-24-9-6-14/h6,11,24H,4-5,7-10H2,1-3H3,(H2,23,25,26,27). The molecule has 0 bridgehead atoms. The van der Waals surface area contributed by atoms with Gasteiger partial charge in [0.25, 0.3) is 0 Å². The molecule has 0 unspecified atom stereocenters. The minimum absolute atomic E-state index is 0.304. The fraction of sp³-hybridized carbons (Fsp3) is 0.429. The van der Waals surface area contributed by atoms with Crippen molar-refractivity contribution in [2.75, 3.05) is 37.4 Å². The highest BCUT2D eigenvalue weighted by atomic mass is 19.1. The average Bonchev–Trinajstić information content (AvgIpc) is 2.97. The maximum atomic E-state index is 15.6. The third kappa shape index (κ3) is 3.42. The Morgan fingerprint density at radius 3 is 2.89 bits per heavy atom. The molecule has 0 saturated heterocycles. The van der Waals surface area contributed by atoms with Crippen molar-refractivity contribution in [3.63, 3.8) is 0 Å². The second kappa shape index (κ2) is 7.75. The number of aromatic nitrogens is 2. The van der Waals surface area contributed by atoms with Crippen LogP contribution < -0.4 is 20.7 Å². The van der Waals surface area contributed by atoms with E-state index in [9.17, 15) is 0 Å². The normalized spacial score (nSPS) is 16.1. The maximum absolute atomic E-state index is 15.6. The van der Waals surface area contributed by atoms with Gasteiger partial charge in [-0.2, -0.15) is 4.98 Å². The van der Waals surface area contributed by atoms with Crippen LogP contribution in [0.25, 0.3) is 5.57 Å². The Labute approximate surface area is 164 Å². The third-order valence-corrected chi connectivity index (χ3v) is 5.40. The smallest absolute Gasteiger partial charge is 0.229 e. The van der Waals surface area contributed by atoms with Crippen molar-refractivity contribution in [1.29, 1.82) is 0 Å². The van der Waals surface area contributed by atoms with Crippen LogP contribution in [0.2, 0.25) is 0 Å². The predicted molar refractivity (Wildman–Crippen MR) is 110 cm³/mol. The van der Waals surface area contributed by atoms with Crippen molar-refractivity contribution in [3.8, 4) is 5.75 Å². The average molecular weight is 383 g/mol. The first-order valence-electron chi connectivity index (χ1n) is 9.76. The van der Waals surface area contributed by atoms with Crippen LogP contribution >= 0.6 is 0 Å². The molecular formula is C21H26FN5O. The first-order valence-corrected chi connectivity index (χ1v) is 9.76. The van der Waals surface area contributed by atoms with Gasteiger partial charge in [0, 0.05) is 36.8 Å². The van der Waals surface area contributed by atoms with Crippen molar-refractivity contribution in [2.24, 2.45) is 0 Å². The fourth-order valence-corrected chi connectivity index (χ4v) is 3.77. The van der Waals surface area contributed by atoms with Crippen LogP contribution in [0.3, 0.4) is 0 Å². The summed E-state index contributed by atoms with van der Waals surface area (Å²) in [6.07, 6.45) is 4.65. The third-order valence-electron chi connectivity index (χ3n) is 5.40. The summed E-state index contributed by atoms with van der Waals surface area (Å²) in [6, 6.07) is 1.83. The van der Waals surface area contributed by atoms with Gasteiger partial charge in [-0.3, -0.25) is 0 Å². The molecule has 0 saturated carbocycles. The minimum Gasteiger partial charge on any atom is -0.492 e.